The minimum absolute atomic E-state index is 0.0716. The van der Waals surface area contributed by atoms with E-state index in [1.54, 1.807) is 25.3 Å². The van der Waals surface area contributed by atoms with Crippen LogP contribution in [0.25, 0.3) is 0 Å². The number of rotatable bonds is 5. The molecule has 0 bridgehead atoms. The topological polar surface area (TPSA) is 67.6 Å². The Morgan fingerprint density at radius 2 is 2.24 bits per heavy atom. The lowest BCUT2D eigenvalue weighted by Gasteiger charge is -2.28. The van der Waals surface area contributed by atoms with Crippen molar-refractivity contribution in [2.75, 3.05) is 39.0 Å². The molecule has 0 amide bonds. The van der Waals surface area contributed by atoms with Crippen LogP contribution in [0.4, 0.5) is 5.69 Å². The average Bonchev–Trinajstić information content (AvgIpc) is 2.77. The molecule has 1 saturated heterocycles. The van der Waals surface area contributed by atoms with E-state index in [1.807, 2.05) is 0 Å². The fourth-order valence-corrected chi connectivity index (χ4v) is 2.87. The highest BCUT2D eigenvalue weighted by atomic mass is 16.5. The molecule has 5 nitrogen and oxygen atoms in total. The second kappa shape index (κ2) is 7.43. The molecule has 1 fully saturated rings. The molecule has 1 unspecified atom stereocenters. The Kier molecular flexibility index (Phi) is 5.59. The van der Waals surface area contributed by atoms with Gasteiger partial charge in [-0.25, -0.2) is 0 Å². The van der Waals surface area contributed by atoms with Gasteiger partial charge in [0.15, 0.2) is 5.78 Å². The van der Waals surface area contributed by atoms with Gasteiger partial charge in [0, 0.05) is 25.2 Å². The van der Waals surface area contributed by atoms with Gasteiger partial charge in [-0.05, 0) is 37.6 Å². The highest BCUT2D eigenvalue weighted by molar-refractivity contribution is 6.01. The number of nitrogen functional groups attached to an aromatic ring is 1. The standard InChI is InChI=1S/C16H25N3O2/c1-3-14(19-9-4-7-18-8-10-19)16(20)12-5-6-15(21-2)13(17)11-12/h5-6,11,14,18H,3-4,7-10,17H2,1-2H3. The second-order valence-electron chi connectivity index (χ2n) is 5.38. The van der Waals surface area contributed by atoms with Gasteiger partial charge in [0.25, 0.3) is 0 Å². The van der Waals surface area contributed by atoms with E-state index in [1.165, 1.54) is 0 Å². The number of benzene rings is 1. The Morgan fingerprint density at radius 3 is 2.90 bits per heavy atom. The zero-order valence-corrected chi connectivity index (χ0v) is 12.9. The summed E-state index contributed by atoms with van der Waals surface area (Å²) in [6, 6.07) is 5.22. The summed E-state index contributed by atoms with van der Waals surface area (Å²) in [6.45, 7) is 5.90. The number of methoxy groups -OCH3 is 1. The molecule has 1 aliphatic rings. The molecule has 21 heavy (non-hydrogen) atoms. The number of ketones is 1. The number of Topliss-reactive ketones (excluding diaryl/α,β-unsaturated/α-hetero) is 1. The Morgan fingerprint density at radius 1 is 1.43 bits per heavy atom. The first-order valence-corrected chi connectivity index (χ1v) is 7.59. The van der Waals surface area contributed by atoms with Crippen LogP contribution < -0.4 is 15.8 Å². The van der Waals surface area contributed by atoms with E-state index in [2.05, 4.69) is 17.1 Å². The average molecular weight is 291 g/mol. The first-order chi connectivity index (χ1) is 10.2. The van der Waals surface area contributed by atoms with Crippen LogP contribution in [0, 0.1) is 0 Å². The quantitative estimate of drug-likeness (QED) is 0.636. The van der Waals surface area contributed by atoms with Gasteiger partial charge in [0.05, 0.1) is 18.8 Å². The smallest absolute Gasteiger partial charge is 0.180 e. The predicted molar refractivity (Wildman–Crippen MR) is 84.9 cm³/mol. The normalized spacial score (nSPS) is 18.0. The fourth-order valence-electron chi connectivity index (χ4n) is 2.87. The molecule has 1 heterocycles. The summed E-state index contributed by atoms with van der Waals surface area (Å²) in [5.41, 5.74) is 7.09. The monoisotopic (exact) mass is 291 g/mol. The molecule has 0 aliphatic carbocycles. The van der Waals surface area contributed by atoms with Gasteiger partial charge in [-0.2, -0.15) is 0 Å². The summed E-state index contributed by atoms with van der Waals surface area (Å²) >= 11 is 0. The summed E-state index contributed by atoms with van der Waals surface area (Å²) < 4.78 is 5.14. The zero-order valence-electron chi connectivity index (χ0n) is 12.9. The Hall–Kier alpha value is -1.59. The van der Waals surface area contributed by atoms with Crippen molar-refractivity contribution >= 4 is 11.5 Å². The number of ether oxygens (including phenoxy) is 1. The highest BCUT2D eigenvalue weighted by Crippen LogP contribution is 2.24. The van der Waals surface area contributed by atoms with Crippen molar-refractivity contribution in [3.63, 3.8) is 0 Å². The van der Waals surface area contributed by atoms with Crippen LogP contribution >= 0.6 is 0 Å². The summed E-state index contributed by atoms with van der Waals surface area (Å²) in [6.07, 6.45) is 1.89. The maximum absolute atomic E-state index is 12.8. The minimum Gasteiger partial charge on any atom is -0.495 e. The zero-order chi connectivity index (χ0) is 15.2. The van der Waals surface area contributed by atoms with Crippen molar-refractivity contribution in [2.24, 2.45) is 0 Å². The number of hydrogen-bond acceptors (Lipinski definition) is 5. The van der Waals surface area contributed by atoms with E-state index in [0.29, 0.717) is 17.0 Å². The predicted octanol–water partition coefficient (Wildman–Crippen LogP) is 1.53. The molecule has 0 radical (unpaired) electrons. The summed E-state index contributed by atoms with van der Waals surface area (Å²) in [4.78, 5) is 15.1. The van der Waals surface area contributed by atoms with E-state index in [0.717, 1.165) is 39.0 Å². The van der Waals surface area contributed by atoms with Crippen molar-refractivity contribution in [3.05, 3.63) is 23.8 Å². The molecule has 1 aromatic rings. The van der Waals surface area contributed by atoms with Gasteiger partial charge in [-0.3, -0.25) is 9.69 Å². The molecular formula is C16H25N3O2. The van der Waals surface area contributed by atoms with E-state index in [4.69, 9.17) is 10.5 Å². The summed E-state index contributed by atoms with van der Waals surface area (Å²) in [7, 11) is 1.58. The maximum atomic E-state index is 12.8. The Bertz CT molecular complexity index is 482. The van der Waals surface area contributed by atoms with Gasteiger partial charge < -0.3 is 15.8 Å². The van der Waals surface area contributed by atoms with Crippen LogP contribution in [0.15, 0.2) is 18.2 Å². The first-order valence-electron chi connectivity index (χ1n) is 7.59. The van der Waals surface area contributed by atoms with Gasteiger partial charge in [0.1, 0.15) is 5.75 Å². The third-order valence-electron chi connectivity index (χ3n) is 4.02. The second-order valence-corrected chi connectivity index (χ2v) is 5.38. The van der Waals surface area contributed by atoms with E-state index >= 15 is 0 Å². The molecule has 116 valence electrons. The van der Waals surface area contributed by atoms with Crippen molar-refractivity contribution in [2.45, 2.75) is 25.8 Å². The molecule has 0 spiro atoms. The van der Waals surface area contributed by atoms with E-state index in [9.17, 15) is 4.79 Å². The largest absolute Gasteiger partial charge is 0.495 e. The summed E-state index contributed by atoms with van der Waals surface area (Å²) in [5.74, 6) is 0.757. The first kappa shape index (κ1) is 15.8. The molecule has 1 atom stereocenters. The molecule has 0 saturated carbocycles. The lowest BCUT2D eigenvalue weighted by Crippen LogP contribution is -2.42. The lowest BCUT2D eigenvalue weighted by molar-refractivity contribution is 0.0820. The van der Waals surface area contributed by atoms with Crippen LogP contribution in [0.2, 0.25) is 0 Å². The highest BCUT2D eigenvalue weighted by Gasteiger charge is 2.26. The molecule has 1 aromatic carbocycles. The van der Waals surface area contributed by atoms with Gasteiger partial charge in [-0.15, -0.1) is 0 Å². The lowest BCUT2D eigenvalue weighted by atomic mass is 9.99. The van der Waals surface area contributed by atoms with Crippen molar-refractivity contribution in [3.8, 4) is 5.75 Å². The van der Waals surface area contributed by atoms with Gasteiger partial charge in [0.2, 0.25) is 0 Å². The van der Waals surface area contributed by atoms with Gasteiger partial charge >= 0.3 is 0 Å². The number of nitrogens with two attached hydrogens (primary N) is 1. The van der Waals surface area contributed by atoms with E-state index < -0.39 is 0 Å². The SMILES string of the molecule is CCC(C(=O)c1ccc(OC)c(N)c1)N1CCCNCC1. The number of hydrogen-bond donors (Lipinski definition) is 2. The van der Waals surface area contributed by atoms with Crippen molar-refractivity contribution < 1.29 is 9.53 Å². The van der Waals surface area contributed by atoms with Crippen LogP contribution in [0.3, 0.4) is 0 Å². The third-order valence-corrected chi connectivity index (χ3v) is 4.02. The Labute approximate surface area is 126 Å². The van der Waals surface area contributed by atoms with Crippen molar-refractivity contribution in [1.82, 2.24) is 10.2 Å². The molecule has 2 rings (SSSR count). The summed E-state index contributed by atoms with van der Waals surface area (Å²) in [5, 5.41) is 3.37. The van der Waals surface area contributed by atoms with Crippen LogP contribution in [-0.2, 0) is 0 Å². The number of carbonyl (C=O) groups is 1. The Balaban J connectivity index is 2.17. The maximum Gasteiger partial charge on any atom is 0.180 e. The molecule has 1 aliphatic heterocycles. The minimum atomic E-state index is -0.0716. The molecule has 5 heteroatoms. The molecular weight excluding hydrogens is 266 g/mol. The number of anilines is 1. The number of nitrogens with zero attached hydrogens (tertiary/aromatic N) is 1. The van der Waals surface area contributed by atoms with Crippen LogP contribution in [0.1, 0.15) is 30.1 Å². The van der Waals surface area contributed by atoms with E-state index in [-0.39, 0.29) is 11.8 Å². The van der Waals surface area contributed by atoms with Crippen LogP contribution in [0.5, 0.6) is 5.75 Å². The van der Waals surface area contributed by atoms with Crippen molar-refractivity contribution in [1.29, 1.82) is 0 Å². The fraction of sp³-hybridized carbons (Fsp3) is 0.562. The number of nitrogens with one attached hydrogen (secondary N) is 1. The van der Waals surface area contributed by atoms with Gasteiger partial charge in [-0.1, -0.05) is 6.92 Å². The third kappa shape index (κ3) is 3.74. The van der Waals surface area contributed by atoms with Crippen LogP contribution in [-0.4, -0.2) is 50.0 Å². The molecule has 0 aromatic heterocycles. The molecule has 3 N–H and O–H groups in total. The number of carbonyl (C=O) groups excluding carboxylic acids is 1.